The van der Waals surface area contributed by atoms with E-state index in [9.17, 15) is 14.0 Å². The van der Waals surface area contributed by atoms with Gasteiger partial charge in [-0.1, -0.05) is 30.3 Å². The summed E-state index contributed by atoms with van der Waals surface area (Å²) in [6.45, 7) is -0.788. The van der Waals surface area contributed by atoms with Crippen LogP contribution in [0.25, 0.3) is 11.2 Å². The number of imidazole rings is 1. The first-order valence-electron chi connectivity index (χ1n) is 7.59. The Morgan fingerprint density at radius 3 is 2.76 bits per heavy atom. The second-order valence-electron chi connectivity index (χ2n) is 5.31. The zero-order valence-corrected chi connectivity index (χ0v) is 13.2. The van der Waals surface area contributed by atoms with E-state index in [-0.39, 0.29) is 30.4 Å². The lowest BCUT2D eigenvalue weighted by molar-refractivity contribution is -0.143. The maximum Gasteiger partial charge on any atom is 0.328 e. The summed E-state index contributed by atoms with van der Waals surface area (Å²) in [7, 11) is 0. The van der Waals surface area contributed by atoms with Crippen LogP contribution in [-0.4, -0.2) is 38.8 Å². The lowest BCUT2D eigenvalue weighted by Gasteiger charge is -2.06. The number of ether oxygens (including phenoxy) is 1. The Morgan fingerprint density at radius 1 is 1.28 bits per heavy atom. The number of carbonyl (C=O) groups excluding carboxylic acids is 1. The highest BCUT2D eigenvalue weighted by Gasteiger charge is 2.16. The number of aromatic nitrogens is 4. The van der Waals surface area contributed by atoms with Gasteiger partial charge in [0, 0.05) is 0 Å². The van der Waals surface area contributed by atoms with E-state index in [0.717, 1.165) is 5.56 Å². The van der Waals surface area contributed by atoms with Crippen LogP contribution in [0.15, 0.2) is 35.1 Å². The van der Waals surface area contributed by atoms with Crippen molar-refractivity contribution in [2.24, 2.45) is 0 Å². The van der Waals surface area contributed by atoms with Crippen molar-refractivity contribution in [3.8, 4) is 0 Å². The summed E-state index contributed by atoms with van der Waals surface area (Å²) in [5.74, 6) is -0.499. The number of hydrogen-bond acceptors (Lipinski definition) is 6. The topological polar surface area (TPSA) is 116 Å². The van der Waals surface area contributed by atoms with Gasteiger partial charge in [0.25, 0.3) is 0 Å². The Bertz CT molecular complexity index is 952. The average molecular weight is 345 g/mol. The molecule has 0 amide bonds. The van der Waals surface area contributed by atoms with Gasteiger partial charge in [-0.15, -0.1) is 0 Å². The van der Waals surface area contributed by atoms with Gasteiger partial charge in [0.2, 0.25) is 0 Å². The van der Waals surface area contributed by atoms with E-state index in [1.807, 2.05) is 30.3 Å². The van der Waals surface area contributed by atoms with Crippen LogP contribution in [-0.2, 0) is 22.5 Å². The summed E-state index contributed by atoms with van der Waals surface area (Å²) >= 11 is 0. The van der Waals surface area contributed by atoms with Gasteiger partial charge in [-0.2, -0.15) is 0 Å². The first kappa shape index (κ1) is 16.6. The number of aromatic amines is 1. The van der Waals surface area contributed by atoms with Gasteiger partial charge in [0.15, 0.2) is 11.5 Å². The van der Waals surface area contributed by atoms with Crippen LogP contribution in [0.2, 0.25) is 0 Å². The lowest BCUT2D eigenvalue weighted by Crippen LogP contribution is -2.18. The molecule has 0 fully saturated rings. The smallest absolute Gasteiger partial charge is 0.328 e. The standard InChI is InChI=1S/C16H16FN5O3/c17-6-7-25-12(23)8-11-19-14(18)13-15(20-11)22(16(24)21-13)9-10-4-2-1-3-5-10/h1-5H,6-9H2,(H,21,24)(H2,18,19,20). The molecule has 3 N–H and O–H groups in total. The normalized spacial score (nSPS) is 10.9. The minimum absolute atomic E-state index is 0.0576. The molecule has 0 saturated heterocycles. The Hall–Kier alpha value is -3.23. The summed E-state index contributed by atoms with van der Waals surface area (Å²) in [5.41, 5.74) is 7.00. The van der Waals surface area contributed by atoms with Gasteiger partial charge < -0.3 is 15.5 Å². The third-order valence-electron chi connectivity index (χ3n) is 3.52. The fourth-order valence-electron chi connectivity index (χ4n) is 2.42. The number of benzene rings is 1. The summed E-state index contributed by atoms with van der Waals surface area (Å²) in [4.78, 5) is 34.7. The van der Waals surface area contributed by atoms with E-state index in [1.54, 1.807) is 0 Å². The van der Waals surface area contributed by atoms with Gasteiger partial charge >= 0.3 is 11.7 Å². The maximum atomic E-state index is 12.2. The number of nitrogen functional groups attached to an aromatic ring is 1. The predicted molar refractivity (Wildman–Crippen MR) is 88.7 cm³/mol. The summed E-state index contributed by atoms with van der Waals surface area (Å²) in [6, 6.07) is 9.37. The first-order chi connectivity index (χ1) is 12.1. The van der Waals surface area contributed by atoms with E-state index in [0.29, 0.717) is 17.7 Å². The SMILES string of the molecule is Nc1nc(CC(=O)OCCF)nc2c1[nH]c(=O)n2Cc1ccccc1. The van der Waals surface area contributed by atoms with Crippen molar-refractivity contribution in [3.63, 3.8) is 0 Å². The molecule has 0 aliphatic rings. The molecular formula is C16H16FN5O3. The number of nitrogens with zero attached hydrogens (tertiary/aromatic N) is 3. The molecule has 0 saturated carbocycles. The third kappa shape index (κ3) is 3.65. The second-order valence-corrected chi connectivity index (χ2v) is 5.31. The van der Waals surface area contributed by atoms with Gasteiger partial charge in [-0.3, -0.25) is 9.36 Å². The number of nitrogens with two attached hydrogens (primary N) is 1. The van der Waals surface area contributed by atoms with Crippen molar-refractivity contribution >= 4 is 23.0 Å². The van der Waals surface area contributed by atoms with Gasteiger partial charge in [0.1, 0.15) is 31.0 Å². The largest absolute Gasteiger partial charge is 0.463 e. The van der Waals surface area contributed by atoms with Crippen molar-refractivity contribution in [3.05, 3.63) is 52.2 Å². The van der Waals surface area contributed by atoms with Crippen LogP contribution >= 0.6 is 0 Å². The monoisotopic (exact) mass is 345 g/mol. The van der Waals surface area contributed by atoms with Crippen LogP contribution in [0, 0.1) is 0 Å². The number of H-pyrrole nitrogens is 1. The van der Waals surface area contributed by atoms with E-state index in [4.69, 9.17) is 5.73 Å². The second kappa shape index (κ2) is 7.12. The molecule has 0 unspecified atom stereocenters. The van der Waals surface area contributed by atoms with Crippen LogP contribution in [0.1, 0.15) is 11.4 Å². The van der Waals surface area contributed by atoms with E-state index >= 15 is 0 Å². The highest BCUT2D eigenvalue weighted by Crippen LogP contribution is 2.15. The highest BCUT2D eigenvalue weighted by atomic mass is 19.1. The molecule has 2 heterocycles. The number of halogens is 1. The number of nitrogens with one attached hydrogen (secondary N) is 1. The first-order valence-corrected chi connectivity index (χ1v) is 7.59. The molecule has 3 rings (SSSR count). The predicted octanol–water partition coefficient (Wildman–Crippen LogP) is 0.805. The zero-order chi connectivity index (χ0) is 17.8. The van der Waals surface area contributed by atoms with Gasteiger partial charge in [-0.05, 0) is 5.56 Å². The quantitative estimate of drug-likeness (QED) is 0.639. The third-order valence-corrected chi connectivity index (χ3v) is 3.52. The van der Waals surface area contributed by atoms with Crippen LogP contribution < -0.4 is 11.4 Å². The molecule has 0 aliphatic heterocycles. The number of anilines is 1. The molecule has 0 spiro atoms. The fourth-order valence-corrected chi connectivity index (χ4v) is 2.42. The van der Waals surface area contributed by atoms with E-state index < -0.39 is 12.6 Å². The Morgan fingerprint density at radius 2 is 2.04 bits per heavy atom. The molecule has 0 aliphatic carbocycles. The number of alkyl halides is 1. The fraction of sp³-hybridized carbons (Fsp3) is 0.250. The molecule has 25 heavy (non-hydrogen) atoms. The molecule has 1 aromatic carbocycles. The van der Waals surface area contributed by atoms with Gasteiger partial charge in [0.05, 0.1) is 6.54 Å². The molecule has 0 bridgehead atoms. The molecule has 3 aromatic rings. The van der Waals surface area contributed by atoms with Crippen LogP contribution in [0.5, 0.6) is 0 Å². The summed E-state index contributed by atoms with van der Waals surface area (Å²) in [6.07, 6.45) is -0.259. The van der Waals surface area contributed by atoms with E-state index in [2.05, 4.69) is 19.7 Å². The maximum absolute atomic E-state index is 12.2. The van der Waals surface area contributed by atoms with Crippen molar-refractivity contribution in [1.82, 2.24) is 19.5 Å². The van der Waals surface area contributed by atoms with Crippen molar-refractivity contribution < 1.29 is 13.9 Å². The Kier molecular flexibility index (Phi) is 4.73. The molecule has 130 valence electrons. The number of rotatable bonds is 6. The minimum Gasteiger partial charge on any atom is -0.463 e. The molecule has 0 atom stereocenters. The van der Waals surface area contributed by atoms with Crippen molar-refractivity contribution in [1.29, 1.82) is 0 Å². The molecule has 0 radical (unpaired) electrons. The number of fused-ring (bicyclic) bond motifs is 1. The number of hydrogen-bond donors (Lipinski definition) is 2. The zero-order valence-electron chi connectivity index (χ0n) is 13.2. The molecule has 9 heteroatoms. The Balaban J connectivity index is 1.96. The molecular weight excluding hydrogens is 329 g/mol. The van der Waals surface area contributed by atoms with Crippen molar-refractivity contribution in [2.75, 3.05) is 19.0 Å². The van der Waals surface area contributed by atoms with E-state index in [1.165, 1.54) is 4.57 Å². The lowest BCUT2D eigenvalue weighted by atomic mass is 10.2. The van der Waals surface area contributed by atoms with Crippen molar-refractivity contribution in [2.45, 2.75) is 13.0 Å². The average Bonchev–Trinajstić information content (AvgIpc) is 2.91. The molecule has 8 nitrogen and oxygen atoms in total. The highest BCUT2D eigenvalue weighted by molar-refractivity contribution is 5.82. The summed E-state index contributed by atoms with van der Waals surface area (Å²) in [5, 5.41) is 0. The van der Waals surface area contributed by atoms with Crippen LogP contribution in [0.3, 0.4) is 0 Å². The molecule has 2 aromatic heterocycles. The summed E-state index contributed by atoms with van der Waals surface area (Å²) < 4.78 is 18.1. The number of esters is 1. The van der Waals surface area contributed by atoms with Gasteiger partial charge in [-0.25, -0.2) is 19.2 Å². The van der Waals surface area contributed by atoms with Crippen LogP contribution in [0.4, 0.5) is 10.2 Å². The Labute approximate surface area is 141 Å². The number of carbonyl (C=O) groups is 1. The minimum atomic E-state index is -0.762.